The van der Waals surface area contributed by atoms with Crippen molar-refractivity contribution in [3.05, 3.63) is 44.0 Å². The first-order chi connectivity index (χ1) is 12.3. The van der Waals surface area contributed by atoms with Crippen LogP contribution in [0.1, 0.15) is 43.7 Å². The van der Waals surface area contributed by atoms with Crippen LogP contribution in [0.25, 0.3) is 5.52 Å². The molecule has 0 radical (unpaired) electrons. The molecule has 3 unspecified atom stereocenters. The van der Waals surface area contributed by atoms with Crippen molar-refractivity contribution in [1.82, 2.24) is 9.38 Å². The minimum atomic E-state index is -0.591. The van der Waals surface area contributed by atoms with Gasteiger partial charge in [-0.15, -0.1) is 12.4 Å². The highest BCUT2D eigenvalue weighted by Crippen LogP contribution is 2.42. The second kappa shape index (κ2) is 6.95. The maximum atomic E-state index is 15.0. The number of nitrogens with zero attached hydrogens (tertiary/aromatic N) is 2. The van der Waals surface area contributed by atoms with Crippen molar-refractivity contribution in [3.63, 3.8) is 0 Å². The van der Waals surface area contributed by atoms with Gasteiger partial charge in [-0.3, -0.25) is 14.2 Å². The second-order valence-corrected chi connectivity index (χ2v) is 8.02. The Morgan fingerprint density at radius 1 is 1.30 bits per heavy atom. The summed E-state index contributed by atoms with van der Waals surface area (Å²) in [4.78, 5) is 29.0. The molecule has 0 aromatic carbocycles. The van der Waals surface area contributed by atoms with Crippen LogP contribution in [0.5, 0.6) is 0 Å². The number of aryl methyl sites for hydroxylation is 1. The van der Waals surface area contributed by atoms with E-state index in [2.05, 4.69) is 11.9 Å². The van der Waals surface area contributed by atoms with Crippen LogP contribution < -0.4 is 21.9 Å². The summed E-state index contributed by atoms with van der Waals surface area (Å²) in [5.74, 6) is 0.354. The fraction of sp³-hybridized carbons (Fsp3) is 0.579. The van der Waals surface area contributed by atoms with Gasteiger partial charge in [0, 0.05) is 30.3 Å². The highest BCUT2D eigenvalue weighted by molar-refractivity contribution is 5.85. The fourth-order valence-corrected chi connectivity index (χ4v) is 4.53. The van der Waals surface area contributed by atoms with Crippen molar-refractivity contribution in [3.8, 4) is 0 Å². The molecule has 1 aliphatic carbocycles. The number of hydrogen-bond donors (Lipinski definition) is 2. The molecule has 2 aromatic heterocycles. The first kappa shape index (κ1) is 19.9. The Morgan fingerprint density at radius 2 is 1.96 bits per heavy atom. The normalized spacial score (nSPS) is 23.5. The first-order valence-electron chi connectivity index (χ1n) is 9.27. The molecule has 0 bridgehead atoms. The van der Waals surface area contributed by atoms with Gasteiger partial charge in [0.15, 0.2) is 5.82 Å². The smallest absolute Gasteiger partial charge is 0.333 e. The lowest BCUT2D eigenvalue weighted by Gasteiger charge is -2.24. The summed E-state index contributed by atoms with van der Waals surface area (Å²) in [6, 6.07) is 0.0336. The lowest BCUT2D eigenvalue weighted by atomic mass is 9.92. The number of fused-ring (bicyclic) bond motifs is 1. The number of rotatable bonds is 3. The third-order valence-corrected chi connectivity index (χ3v) is 6.01. The molecule has 3 heterocycles. The van der Waals surface area contributed by atoms with Crippen molar-refractivity contribution < 1.29 is 4.39 Å². The second-order valence-electron chi connectivity index (χ2n) is 8.02. The number of pyridine rings is 1. The summed E-state index contributed by atoms with van der Waals surface area (Å²) in [6.45, 7) is 7.32. The molecule has 4 rings (SSSR count). The average molecular weight is 397 g/mol. The fourth-order valence-electron chi connectivity index (χ4n) is 4.53. The predicted octanol–water partition coefficient (Wildman–Crippen LogP) is 2.15. The molecule has 2 aliphatic rings. The largest absolute Gasteiger partial charge is 0.368 e. The summed E-state index contributed by atoms with van der Waals surface area (Å²) in [6.07, 6.45) is 3.07. The van der Waals surface area contributed by atoms with Gasteiger partial charge in [0.25, 0.3) is 5.56 Å². The van der Waals surface area contributed by atoms with E-state index in [9.17, 15) is 14.0 Å². The number of nitrogens with one attached hydrogen (secondary N) is 1. The van der Waals surface area contributed by atoms with Gasteiger partial charge in [-0.05, 0) is 44.4 Å². The van der Waals surface area contributed by atoms with Gasteiger partial charge < -0.3 is 10.6 Å². The van der Waals surface area contributed by atoms with Gasteiger partial charge in [-0.2, -0.15) is 0 Å². The molecule has 2 aromatic rings. The van der Waals surface area contributed by atoms with Crippen molar-refractivity contribution in [2.75, 3.05) is 18.0 Å². The van der Waals surface area contributed by atoms with Crippen LogP contribution in [0.2, 0.25) is 0 Å². The SMILES string of the molecule is Cc1c(N2CC(C)C(C(C)N)C2)c(F)cn2c(=O)[nH]c(=O)c(C3CC3)c12.Cl. The molecule has 3 atom stereocenters. The topological polar surface area (TPSA) is 83.6 Å². The monoisotopic (exact) mass is 396 g/mol. The third kappa shape index (κ3) is 3.17. The molecule has 1 aliphatic heterocycles. The molecule has 27 heavy (non-hydrogen) atoms. The Hall–Kier alpha value is -1.86. The Labute approximate surface area is 163 Å². The number of aromatic nitrogens is 2. The summed E-state index contributed by atoms with van der Waals surface area (Å²) in [5, 5.41) is 0. The summed E-state index contributed by atoms with van der Waals surface area (Å²) in [5.41, 5.74) is 7.49. The van der Waals surface area contributed by atoms with E-state index in [4.69, 9.17) is 5.73 Å². The van der Waals surface area contributed by atoms with E-state index in [1.54, 1.807) is 0 Å². The van der Waals surface area contributed by atoms with Crippen LogP contribution in [0.3, 0.4) is 0 Å². The molecule has 1 saturated heterocycles. The zero-order valence-electron chi connectivity index (χ0n) is 15.8. The molecule has 2 fully saturated rings. The van der Waals surface area contributed by atoms with Crippen LogP contribution in [0.4, 0.5) is 10.1 Å². The average Bonchev–Trinajstić information content (AvgIpc) is 3.31. The zero-order chi connectivity index (χ0) is 18.7. The van der Waals surface area contributed by atoms with Crippen LogP contribution >= 0.6 is 12.4 Å². The standard InChI is InChI=1S/C19H25FN4O2.ClH/c1-9-6-23(7-13(9)11(3)21)16-10(2)17-15(12-4-5-12)18(25)22-19(26)24(17)8-14(16)20;/h8-9,11-13H,4-7,21H2,1-3H3,(H,22,25,26);1H. The maximum Gasteiger partial charge on any atom is 0.333 e. The molecule has 0 spiro atoms. The molecule has 6 nitrogen and oxygen atoms in total. The van der Waals surface area contributed by atoms with E-state index in [-0.39, 0.29) is 35.8 Å². The van der Waals surface area contributed by atoms with Crippen LogP contribution in [-0.2, 0) is 0 Å². The van der Waals surface area contributed by atoms with Crippen LogP contribution in [0.15, 0.2) is 15.8 Å². The number of nitrogens with two attached hydrogens (primary N) is 1. The van der Waals surface area contributed by atoms with E-state index in [0.29, 0.717) is 41.3 Å². The summed E-state index contributed by atoms with van der Waals surface area (Å²) in [7, 11) is 0. The Balaban J connectivity index is 0.00000210. The summed E-state index contributed by atoms with van der Waals surface area (Å²) >= 11 is 0. The van der Waals surface area contributed by atoms with E-state index in [0.717, 1.165) is 12.8 Å². The van der Waals surface area contributed by atoms with E-state index < -0.39 is 11.5 Å². The maximum absolute atomic E-state index is 15.0. The van der Waals surface area contributed by atoms with Crippen molar-refractivity contribution in [2.45, 2.75) is 45.6 Å². The summed E-state index contributed by atoms with van der Waals surface area (Å²) < 4.78 is 16.2. The zero-order valence-corrected chi connectivity index (χ0v) is 16.6. The molecule has 1 saturated carbocycles. The number of aromatic amines is 1. The number of halogens is 2. The molecular weight excluding hydrogens is 371 g/mol. The van der Waals surface area contributed by atoms with Gasteiger partial charge in [0.05, 0.1) is 17.4 Å². The highest BCUT2D eigenvalue weighted by atomic mass is 35.5. The number of H-pyrrole nitrogens is 1. The predicted molar refractivity (Wildman–Crippen MR) is 107 cm³/mol. The van der Waals surface area contributed by atoms with Gasteiger partial charge in [-0.1, -0.05) is 6.92 Å². The molecule has 8 heteroatoms. The highest BCUT2D eigenvalue weighted by Gasteiger charge is 2.36. The Kier molecular flexibility index (Phi) is 5.12. The lowest BCUT2D eigenvalue weighted by Crippen LogP contribution is -2.33. The molecule has 0 amide bonds. The third-order valence-electron chi connectivity index (χ3n) is 6.01. The van der Waals surface area contributed by atoms with Crippen LogP contribution in [0, 0.1) is 24.6 Å². The van der Waals surface area contributed by atoms with Gasteiger partial charge in [-0.25, -0.2) is 9.18 Å². The number of anilines is 1. The van der Waals surface area contributed by atoms with Crippen molar-refractivity contribution in [2.24, 2.45) is 17.6 Å². The van der Waals surface area contributed by atoms with Crippen molar-refractivity contribution >= 4 is 23.6 Å². The van der Waals surface area contributed by atoms with Crippen LogP contribution in [-0.4, -0.2) is 28.5 Å². The van der Waals surface area contributed by atoms with E-state index in [1.165, 1.54) is 10.6 Å². The van der Waals surface area contributed by atoms with Gasteiger partial charge >= 0.3 is 5.69 Å². The lowest BCUT2D eigenvalue weighted by molar-refractivity contribution is 0.390. The quantitative estimate of drug-likeness (QED) is 0.832. The van der Waals surface area contributed by atoms with E-state index >= 15 is 0 Å². The Bertz CT molecular complexity index is 996. The Morgan fingerprint density at radius 3 is 2.52 bits per heavy atom. The van der Waals surface area contributed by atoms with E-state index in [1.807, 2.05) is 18.7 Å². The number of hydrogen-bond acceptors (Lipinski definition) is 4. The minimum Gasteiger partial charge on any atom is -0.368 e. The van der Waals surface area contributed by atoms with Gasteiger partial charge in [0.2, 0.25) is 0 Å². The molecule has 148 valence electrons. The first-order valence-corrected chi connectivity index (χ1v) is 9.27. The van der Waals surface area contributed by atoms with Crippen molar-refractivity contribution in [1.29, 1.82) is 0 Å². The van der Waals surface area contributed by atoms with Gasteiger partial charge in [0.1, 0.15) is 0 Å². The molecular formula is C19H26ClFN4O2. The minimum absolute atomic E-state index is 0. The molecule has 3 N–H and O–H groups in total.